The van der Waals surface area contributed by atoms with Crippen molar-refractivity contribution in [2.75, 3.05) is 19.6 Å². The van der Waals surface area contributed by atoms with Crippen molar-refractivity contribution in [2.45, 2.75) is 58.8 Å². The third-order valence-electron chi connectivity index (χ3n) is 4.93. The smallest absolute Gasteiger partial charge is 0.317 e. The number of carbonyl (C=O) groups is 1. The fourth-order valence-electron chi connectivity index (χ4n) is 3.16. The summed E-state index contributed by atoms with van der Waals surface area (Å²) in [7, 11) is 0. The third kappa shape index (κ3) is 4.70. The van der Waals surface area contributed by atoms with Gasteiger partial charge in [-0.25, -0.2) is 4.79 Å². The number of carbonyl (C=O) groups excluding carboxylic acids is 1. The van der Waals surface area contributed by atoms with Gasteiger partial charge in [0.15, 0.2) is 0 Å². The van der Waals surface area contributed by atoms with Crippen molar-refractivity contribution in [3.8, 4) is 0 Å². The van der Waals surface area contributed by atoms with Crippen LogP contribution in [0.5, 0.6) is 0 Å². The van der Waals surface area contributed by atoms with Crippen LogP contribution in [0, 0.1) is 17.8 Å². The largest absolute Gasteiger partial charge is 0.338 e. The molecule has 0 bridgehead atoms. The van der Waals surface area contributed by atoms with Gasteiger partial charge in [0, 0.05) is 19.6 Å². The lowest BCUT2D eigenvalue weighted by molar-refractivity contribution is 0.192. The summed E-state index contributed by atoms with van der Waals surface area (Å²) < 4.78 is 0. The minimum atomic E-state index is 0.159. The van der Waals surface area contributed by atoms with E-state index in [4.69, 9.17) is 0 Å². The first-order valence-electron chi connectivity index (χ1n) is 8.25. The van der Waals surface area contributed by atoms with E-state index in [0.29, 0.717) is 5.92 Å². The van der Waals surface area contributed by atoms with Crippen molar-refractivity contribution in [1.29, 1.82) is 0 Å². The molecule has 19 heavy (non-hydrogen) atoms. The number of urea groups is 1. The molecule has 0 spiro atoms. The van der Waals surface area contributed by atoms with Gasteiger partial charge in [0.05, 0.1) is 0 Å². The fraction of sp³-hybridized carbons (Fsp3) is 0.938. The quantitative estimate of drug-likeness (QED) is 0.782. The highest BCUT2D eigenvalue weighted by molar-refractivity contribution is 5.74. The Morgan fingerprint density at radius 1 is 1.00 bits per heavy atom. The lowest BCUT2D eigenvalue weighted by Crippen LogP contribution is -2.43. The molecule has 2 rings (SSSR count). The average Bonchev–Trinajstić information content (AvgIpc) is 3.26. The standard InChI is InChI=1S/C16H30N2O/c1-3-13-5-7-14(8-6-13)11-17-16(19)18(4-2)12-15-9-10-15/h13-15H,3-12H2,1-2H3,(H,17,19). The summed E-state index contributed by atoms with van der Waals surface area (Å²) in [5, 5.41) is 3.16. The van der Waals surface area contributed by atoms with Crippen molar-refractivity contribution in [3.05, 3.63) is 0 Å². The van der Waals surface area contributed by atoms with Crippen LogP contribution in [0.3, 0.4) is 0 Å². The van der Waals surface area contributed by atoms with E-state index in [1.54, 1.807) is 0 Å². The Balaban J connectivity index is 1.64. The van der Waals surface area contributed by atoms with Gasteiger partial charge in [-0.05, 0) is 50.4 Å². The van der Waals surface area contributed by atoms with E-state index in [-0.39, 0.29) is 6.03 Å². The summed E-state index contributed by atoms with van der Waals surface area (Å²) in [5.74, 6) is 2.44. The van der Waals surface area contributed by atoms with E-state index in [9.17, 15) is 4.79 Å². The second-order valence-electron chi connectivity index (χ2n) is 6.46. The fourth-order valence-corrected chi connectivity index (χ4v) is 3.16. The molecule has 3 nitrogen and oxygen atoms in total. The summed E-state index contributed by atoms with van der Waals surface area (Å²) in [6.07, 6.45) is 9.26. The molecule has 0 aromatic carbocycles. The van der Waals surface area contributed by atoms with Crippen LogP contribution >= 0.6 is 0 Å². The first-order valence-corrected chi connectivity index (χ1v) is 8.25. The van der Waals surface area contributed by atoms with Gasteiger partial charge in [0.1, 0.15) is 0 Å². The summed E-state index contributed by atoms with van der Waals surface area (Å²) in [6.45, 7) is 7.06. The van der Waals surface area contributed by atoms with Gasteiger partial charge in [-0.1, -0.05) is 26.2 Å². The van der Waals surface area contributed by atoms with E-state index >= 15 is 0 Å². The lowest BCUT2D eigenvalue weighted by atomic mass is 9.81. The molecule has 2 aliphatic rings. The molecule has 1 N–H and O–H groups in total. The maximum atomic E-state index is 12.1. The monoisotopic (exact) mass is 266 g/mol. The Bertz CT molecular complexity index is 280. The van der Waals surface area contributed by atoms with Gasteiger partial charge in [-0.2, -0.15) is 0 Å². The Hall–Kier alpha value is -0.730. The number of nitrogens with zero attached hydrogens (tertiary/aromatic N) is 1. The second-order valence-corrected chi connectivity index (χ2v) is 6.46. The van der Waals surface area contributed by atoms with E-state index in [1.807, 2.05) is 4.90 Å². The SMILES string of the molecule is CCC1CCC(CNC(=O)N(CC)CC2CC2)CC1. The first-order chi connectivity index (χ1) is 9.22. The molecule has 0 aliphatic heterocycles. The van der Waals surface area contributed by atoms with E-state index in [0.717, 1.165) is 31.5 Å². The molecule has 2 fully saturated rings. The lowest BCUT2D eigenvalue weighted by Gasteiger charge is -2.29. The molecule has 0 radical (unpaired) electrons. The molecular formula is C16H30N2O. The minimum Gasteiger partial charge on any atom is -0.338 e. The topological polar surface area (TPSA) is 32.3 Å². The normalized spacial score (nSPS) is 27.1. The maximum Gasteiger partial charge on any atom is 0.317 e. The van der Waals surface area contributed by atoms with Gasteiger partial charge < -0.3 is 10.2 Å². The molecule has 0 heterocycles. The van der Waals surface area contributed by atoms with Gasteiger partial charge >= 0.3 is 6.03 Å². The molecule has 3 heteroatoms. The average molecular weight is 266 g/mol. The maximum absolute atomic E-state index is 12.1. The number of hydrogen-bond acceptors (Lipinski definition) is 1. The van der Waals surface area contributed by atoms with Crippen LogP contribution in [0.15, 0.2) is 0 Å². The molecule has 0 atom stereocenters. The molecule has 110 valence electrons. The van der Waals surface area contributed by atoms with Gasteiger partial charge in [-0.15, -0.1) is 0 Å². The van der Waals surface area contributed by atoms with Crippen LogP contribution in [-0.4, -0.2) is 30.6 Å². The molecule has 2 amide bonds. The van der Waals surface area contributed by atoms with Gasteiger partial charge in [0.2, 0.25) is 0 Å². The van der Waals surface area contributed by atoms with Gasteiger partial charge in [0.25, 0.3) is 0 Å². The Morgan fingerprint density at radius 3 is 2.11 bits per heavy atom. The highest BCUT2D eigenvalue weighted by Crippen LogP contribution is 2.31. The summed E-state index contributed by atoms with van der Waals surface area (Å²) in [6, 6.07) is 0.159. The van der Waals surface area contributed by atoms with Crippen LogP contribution in [0.4, 0.5) is 4.79 Å². The highest BCUT2D eigenvalue weighted by atomic mass is 16.2. The van der Waals surface area contributed by atoms with E-state index in [1.165, 1.54) is 44.9 Å². The second kappa shape index (κ2) is 7.16. The summed E-state index contributed by atoms with van der Waals surface area (Å²) in [4.78, 5) is 14.1. The number of nitrogens with one attached hydrogen (secondary N) is 1. The van der Waals surface area contributed by atoms with E-state index in [2.05, 4.69) is 19.2 Å². The third-order valence-corrected chi connectivity index (χ3v) is 4.93. The Kier molecular flexibility index (Phi) is 5.53. The molecule has 0 saturated heterocycles. The summed E-state index contributed by atoms with van der Waals surface area (Å²) >= 11 is 0. The van der Waals surface area contributed by atoms with Crippen LogP contribution in [0.1, 0.15) is 58.8 Å². The van der Waals surface area contributed by atoms with Crippen molar-refractivity contribution in [3.63, 3.8) is 0 Å². The Morgan fingerprint density at radius 2 is 1.58 bits per heavy atom. The molecule has 0 aromatic rings. The summed E-state index contributed by atoms with van der Waals surface area (Å²) in [5.41, 5.74) is 0. The number of rotatable bonds is 6. The van der Waals surface area contributed by atoms with Crippen LogP contribution < -0.4 is 5.32 Å². The highest BCUT2D eigenvalue weighted by Gasteiger charge is 2.26. The van der Waals surface area contributed by atoms with Crippen LogP contribution in [0.25, 0.3) is 0 Å². The molecule has 0 aromatic heterocycles. The van der Waals surface area contributed by atoms with Crippen molar-refractivity contribution < 1.29 is 4.79 Å². The zero-order chi connectivity index (χ0) is 13.7. The van der Waals surface area contributed by atoms with Crippen molar-refractivity contribution >= 4 is 6.03 Å². The predicted molar refractivity (Wildman–Crippen MR) is 79.1 cm³/mol. The number of amides is 2. The first kappa shape index (κ1) is 14.7. The Labute approximate surface area is 118 Å². The zero-order valence-corrected chi connectivity index (χ0v) is 12.7. The molecule has 0 unspecified atom stereocenters. The number of hydrogen-bond donors (Lipinski definition) is 1. The molecular weight excluding hydrogens is 236 g/mol. The molecule has 2 aliphatic carbocycles. The van der Waals surface area contributed by atoms with Crippen molar-refractivity contribution in [1.82, 2.24) is 10.2 Å². The molecule has 2 saturated carbocycles. The predicted octanol–water partition coefficient (Wildman–Crippen LogP) is 3.64. The van der Waals surface area contributed by atoms with Crippen LogP contribution in [-0.2, 0) is 0 Å². The van der Waals surface area contributed by atoms with Crippen molar-refractivity contribution in [2.24, 2.45) is 17.8 Å². The van der Waals surface area contributed by atoms with E-state index < -0.39 is 0 Å². The zero-order valence-electron chi connectivity index (χ0n) is 12.7. The minimum absolute atomic E-state index is 0.159. The van der Waals surface area contributed by atoms with Gasteiger partial charge in [-0.3, -0.25) is 0 Å². The van der Waals surface area contributed by atoms with Crippen LogP contribution in [0.2, 0.25) is 0 Å².